The molecule has 0 spiro atoms. The number of nitro benzene ring substituents is 2. The van der Waals surface area contributed by atoms with Crippen molar-refractivity contribution in [2.45, 2.75) is 90.4 Å². The standard InChI is InChI=1S/C48H52N2O14/c1-3-4-12-15-34-16-21-37(22-17-34)47(54)64-43-26-25-41(63-46(53)36-23-18-35(19-24-36)20-27-44(51)60-2)33-42(43)48(55)62-29-14-11-9-7-5-6-8-10-13-28-61-45(52)38-30-39(49(56)57)32-40(31-38)50(58)59/h16-27,30-33H,3-15,28-29H2,1-2H3. The molecule has 64 heavy (non-hydrogen) atoms. The maximum atomic E-state index is 13.4. The zero-order valence-electron chi connectivity index (χ0n) is 36.0. The van der Waals surface area contributed by atoms with Crippen LogP contribution < -0.4 is 9.47 Å². The summed E-state index contributed by atoms with van der Waals surface area (Å²) in [7, 11) is 1.27. The number of ether oxygens (including phenoxy) is 5. The molecule has 0 aliphatic carbocycles. The number of aryl methyl sites for hydroxylation is 1. The van der Waals surface area contributed by atoms with Crippen LogP contribution in [0.15, 0.2) is 91.0 Å². The van der Waals surface area contributed by atoms with E-state index in [0.29, 0.717) is 24.0 Å². The molecule has 0 fully saturated rings. The van der Waals surface area contributed by atoms with E-state index in [4.69, 9.17) is 18.9 Å². The Morgan fingerprint density at radius 3 is 1.64 bits per heavy atom. The molecule has 338 valence electrons. The summed E-state index contributed by atoms with van der Waals surface area (Å²) in [6, 6.07) is 20.2. The molecule has 0 heterocycles. The predicted octanol–water partition coefficient (Wildman–Crippen LogP) is 10.4. The van der Waals surface area contributed by atoms with Crippen molar-refractivity contribution in [2.24, 2.45) is 0 Å². The van der Waals surface area contributed by atoms with Crippen LogP contribution >= 0.6 is 0 Å². The molecule has 0 N–H and O–H groups in total. The van der Waals surface area contributed by atoms with Crippen molar-refractivity contribution in [3.63, 3.8) is 0 Å². The van der Waals surface area contributed by atoms with Crippen LogP contribution in [0.1, 0.15) is 137 Å². The van der Waals surface area contributed by atoms with Crippen molar-refractivity contribution in [2.75, 3.05) is 20.3 Å². The fourth-order valence-corrected chi connectivity index (χ4v) is 6.35. The highest BCUT2D eigenvalue weighted by Gasteiger charge is 2.22. The summed E-state index contributed by atoms with van der Waals surface area (Å²) >= 11 is 0. The van der Waals surface area contributed by atoms with Gasteiger partial charge in [0, 0.05) is 18.2 Å². The van der Waals surface area contributed by atoms with E-state index in [-0.39, 0.29) is 41.4 Å². The Kier molecular flexibility index (Phi) is 20.3. The van der Waals surface area contributed by atoms with Gasteiger partial charge >= 0.3 is 29.8 Å². The van der Waals surface area contributed by atoms with E-state index in [0.717, 1.165) is 94.4 Å². The molecule has 0 atom stereocenters. The molecule has 16 heteroatoms. The first-order valence-electron chi connectivity index (χ1n) is 21.2. The fourth-order valence-electron chi connectivity index (χ4n) is 6.35. The minimum Gasteiger partial charge on any atom is -0.466 e. The van der Waals surface area contributed by atoms with Gasteiger partial charge in [0.15, 0.2) is 0 Å². The highest BCUT2D eigenvalue weighted by Crippen LogP contribution is 2.28. The van der Waals surface area contributed by atoms with Gasteiger partial charge in [0.05, 0.1) is 52.9 Å². The highest BCUT2D eigenvalue weighted by molar-refractivity contribution is 5.97. The summed E-state index contributed by atoms with van der Waals surface area (Å²) in [6.45, 7) is 2.32. The molecule has 0 aromatic heterocycles. The summed E-state index contributed by atoms with van der Waals surface area (Å²) in [4.78, 5) is 83.9. The van der Waals surface area contributed by atoms with Crippen LogP contribution in [0.2, 0.25) is 0 Å². The lowest BCUT2D eigenvalue weighted by Gasteiger charge is -2.13. The summed E-state index contributed by atoms with van der Waals surface area (Å²) < 4.78 is 26.6. The van der Waals surface area contributed by atoms with Crippen molar-refractivity contribution >= 4 is 47.3 Å². The number of unbranched alkanes of at least 4 members (excludes halogenated alkanes) is 10. The maximum Gasteiger partial charge on any atom is 0.343 e. The van der Waals surface area contributed by atoms with Crippen molar-refractivity contribution in [1.82, 2.24) is 0 Å². The molecule has 4 aromatic carbocycles. The first-order chi connectivity index (χ1) is 30.9. The lowest BCUT2D eigenvalue weighted by Crippen LogP contribution is -2.14. The van der Waals surface area contributed by atoms with Crippen LogP contribution in [-0.4, -0.2) is 60.0 Å². The molecule has 0 aliphatic heterocycles. The normalized spacial score (nSPS) is 10.8. The largest absolute Gasteiger partial charge is 0.466 e. The number of hydrogen-bond donors (Lipinski definition) is 0. The number of nitrogens with zero attached hydrogens (tertiary/aromatic N) is 2. The van der Waals surface area contributed by atoms with Gasteiger partial charge in [0.1, 0.15) is 17.1 Å². The Labute approximate surface area is 370 Å². The molecule has 0 amide bonds. The number of benzene rings is 4. The Hall–Kier alpha value is -7.23. The van der Waals surface area contributed by atoms with Gasteiger partial charge in [-0.2, -0.15) is 0 Å². The molecule has 16 nitrogen and oxygen atoms in total. The summed E-state index contributed by atoms with van der Waals surface area (Å²) in [5.41, 5.74) is 0.788. The van der Waals surface area contributed by atoms with Crippen LogP contribution in [0, 0.1) is 20.2 Å². The number of hydrogen-bond acceptors (Lipinski definition) is 14. The first-order valence-corrected chi connectivity index (χ1v) is 21.2. The van der Waals surface area contributed by atoms with Crippen molar-refractivity contribution in [1.29, 1.82) is 0 Å². The van der Waals surface area contributed by atoms with Crippen LogP contribution in [0.3, 0.4) is 0 Å². The molecule has 0 bridgehead atoms. The average molecular weight is 881 g/mol. The Bertz CT molecular complexity index is 2240. The van der Waals surface area contributed by atoms with Crippen LogP contribution in [-0.2, 0) is 25.4 Å². The smallest absolute Gasteiger partial charge is 0.343 e. The van der Waals surface area contributed by atoms with Gasteiger partial charge in [-0.25, -0.2) is 24.0 Å². The van der Waals surface area contributed by atoms with Crippen LogP contribution in [0.4, 0.5) is 11.4 Å². The van der Waals surface area contributed by atoms with E-state index >= 15 is 0 Å². The topological polar surface area (TPSA) is 218 Å². The molecule has 0 saturated carbocycles. The SMILES string of the molecule is CCCCCc1ccc(C(=O)Oc2ccc(OC(=O)c3ccc(C=CC(=O)OC)cc3)cc2C(=O)OCCCCCCCCCCCOC(=O)c2cc([N+](=O)[O-])cc([N+](=O)[O-])c2)cc1. The maximum absolute atomic E-state index is 13.4. The monoisotopic (exact) mass is 880 g/mol. The van der Waals surface area contributed by atoms with Gasteiger partial charge in [0.25, 0.3) is 11.4 Å². The summed E-state index contributed by atoms with van der Waals surface area (Å²) in [5, 5.41) is 22.2. The molecule has 4 aromatic rings. The van der Waals surface area contributed by atoms with E-state index in [1.165, 1.54) is 49.6 Å². The zero-order chi connectivity index (χ0) is 46.3. The number of nitro groups is 2. The molecule has 0 aliphatic rings. The van der Waals surface area contributed by atoms with Crippen LogP contribution in [0.25, 0.3) is 6.08 Å². The second-order valence-electron chi connectivity index (χ2n) is 14.8. The minimum atomic E-state index is -0.863. The fraction of sp³-hybridized carbons (Fsp3) is 0.354. The molecule has 0 saturated heterocycles. The van der Waals surface area contributed by atoms with E-state index in [1.807, 2.05) is 12.1 Å². The number of esters is 5. The highest BCUT2D eigenvalue weighted by atomic mass is 16.6. The van der Waals surface area contributed by atoms with Gasteiger partial charge < -0.3 is 23.7 Å². The quantitative estimate of drug-likeness (QED) is 0.0109. The average Bonchev–Trinajstić information content (AvgIpc) is 3.30. The van der Waals surface area contributed by atoms with E-state index in [2.05, 4.69) is 11.7 Å². The first kappa shape index (κ1) is 49.4. The van der Waals surface area contributed by atoms with Gasteiger partial charge in [0.2, 0.25) is 0 Å². The third-order valence-electron chi connectivity index (χ3n) is 9.92. The number of carbonyl (C=O) groups excluding carboxylic acids is 5. The second kappa shape index (κ2) is 26.3. The molecular weight excluding hydrogens is 829 g/mol. The second-order valence-corrected chi connectivity index (χ2v) is 14.8. The number of non-ortho nitro benzene ring substituents is 2. The third-order valence-corrected chi connectivity index (χ3v) is 9.92. The number of carbonyl (C=O) groups is 5. The molecular formula is C48H52N2O14. The molecule has 0 radical (unpaired) electrons. The van der Waals surface area contributed by atoms with Crippen molar-refractivity contribution < 1.29 is 57.5 Å². The van der Waals surface area contributed by atoms with Gasteiger partial charge in [-0.1, -0.05) is 89.0 Å². The summed E-state index contributed by atoms with van der Waals surface area (Å²) in [5.74, 6) is -3.55. The number of methoxy groups -OCH3 is 1. The minimum absolute atomic E-state index is 0.0256. The Morgan fingerprint density at radius 1 is 0.562 bits per heavy atom. The lowest BCUT2D eigenvalue weighted by atomic mass is 10.1. The molecule has 0 unspecified atom stereocenters. The number of rotatable bonds is 26. The van der Waals surface area contributed by atoms with Crippen molar-refractivity contribution in [3.05, 3.63) is 145 Å². The summed E-state index contributed by atoms with van der Waals surface area (Å²) in [6.07, 6.45) is 14.3. The predicted molar refractivity (Wildman–Crippen MR) is 235 cm³/mol. The van der Waals surface area contributed by atoms with Gasteiger partial charge in [-0.05, 0) is 85.4 Å². The van der Waals surface area contributed by atoms with E-state index in [9.17, 15) is 44.2 Å². The Morgan fingerprint density at radius 2 is 1.09 bits per heavy atom. The zero-order valence-corrected chi connectivity index (χ0v) is 36.0. The van der Waals surface area contributed by atoms with Crippen LogP contribution in [0.5, 0.6) is 11.5 Å². The van der Waals surface area contributed by atoms with Gasteiger partial charge in [-0.3, -0.25) is 20.2 Å². The van der Waals surface area contributed by atoms with E-state index in [1.54, 1.807) is 24.3 Å². The molecule has 4 rings (SSSR count). The third kappa shape index (κ3) is 16.6. The van der Waals surface area contributed by atoms with Gasteiger partial charge in [-0.15, -0.1) is 0 Å². The Balaban J connectivity index is 1.23. The van der Waals surface area contributed by atoms with Crippen molar-refractivity contribution in [3.8, 4) is 11.5 Å². The van der Waals surface area contributed by atoms with E-state index < -0.39 is 51.1 Å². The lowest BCUT2D eigenvalue weighted by molar-refractivity contribution is -0.394.